The van der Waals surface area contributed by atoms with Crippen molar-refractivity contribution < 1.29 is 24.5 Å². The molecule has 8 heteroatoms. The Morgan fingerprint density at radius 2 is 1.18 bits per heavy atom. The molecule has 0 aliphatic carbocycles. The Kier molecular flexibility index (Phi) is 6.80. The number of carbonyl (C=O) groups is 2. The van der Waals surface area contributed by atoms with Gasteiger partial charge in [0, 0.05) is 30.0 Å². The van der Waals surface area contributed by atoms with Gasteiger partial charge >= 0.3 is 12.2 Å². The number of amides is 2. The van der Waals surface area contributed by atoms with E-state index in [1.54, 1.807) is 41.5 Å². The molecule has 0 spiro atoms. The van der Waals surface area contributed by atoms with E-state index in [9.17, 15) is 9.59 Å². The number of rotatable bonds is 7. The zero-order chi connectivity index (χ0) is 20.8. The summed E-state index contributed by atoms with van der Waals surface area (Å²) in [6, 6.07) is 0. The monoisotopic (exact) mass is 356 g/mol. The Balaban J connectivity index is 4.33. The number of hydrogen-bond acceptors (Lipinski definition) is 6. The van der Waals surface area contributed by atoms with Crippen LogP contribution in [-0.4, -0.2) is 47.9 Å². The van der Waals surface area contributed by atoms with E-state index >= 15 is 0 Å². The number of hydrogen-bond donors (Lipinski definition) is 2. The van der Waals surface area contributed by atoms with E-state index in [2.05, 4.69) is 10.6 Å². The van der Waals surface area contributed by atoms with Crippen LogP contribution in [0.5, 0.6) is 0 Å². The van der Waals surface area contributed by atoms with Crippen molar-refractivity contribution >= 4 is 33.8 Å². The predicted molar refractivity (Wildman–Crippen MR) is 93.4 cm³/mol. The molecule has 0 aromatic rings. The summed E-state index contributed by atoms with van der Waals surface area (Å²) in [5, 5.41) is 4.62. The van der Waals surface area contributed by atoms with E-state index in [-0.39, 0.29) is 13.1 Å². The Bertz CT molecular complexity index is 450. The molecule has 0 aromatic heterocycles. The molecule has 0 fully saturated rings. The van der Waals surface area contributed by atoms with E-state index in [0.29, 0.717) is 21.6 Å². The third kappa shape index (κ3) is 15.6. The molecular weight excluding hydrogens is 324 g/mol. The zero-order valence-corrected chi connectivity index (χ0v) is 15.5. The van der Waals surface area contributed by atoms with E-state index in [1.165, 1.54) is 0 Å². The van der Waals surface area contributed by atoms with Crippen LogP contribution >= 0.6 is 21.6 Å². The molecule has 0 aliphatic rings. The molecule has 6 nitrogen and oxygen atoms in total. The Hall–Kier alpha value is -0.760. The first-order valence-corrected chi connectivity index (χ1v) is 8.86. The smallest absolute Gasteiger partial charge is 0.407 e. The summed E-state index contributed by atoms with van der Waals surface area (Å²) in [7, 11) is 1.25. The first-order chi connectivity index (χ1) is 11.4. The molecule has 0 aliphatic heterocycles. The molecule has 0 heterocycles. The largest absolute Gasteiger partial charge is 0.444 e. The summed E-state index contributed by atoms with van der Waals surface area (Å²) in [5.74, 6) is 0. The van der Waals surface area contributed by atoms with Crippen molar-refractivity contribution in [2.24, 2.45) is 0 Å². The highest BCUT2D eigenvalue weighted by Crippen LogP contribution is 2.19. The average molecular weight is 357 g/mol. The summed E-state index contributed by atoms with van der Waals surface area (Å²) in [4.78, 5) is 23.1. The molecule has 0 radical (unpaired) electrons. The van der Waals surface area contributed by atoms with Crippen LogP contribution in [0, 0.1) is 0 Å². The highest BCUT2D eigenvalue weighted by atomic mass is 33.1. The van der Waals surface area contributed by atoms with E-state index in [4.69, 9.17) is 15.0 Å². The molecule has 2 N–H and O–H groups in total. The predicted octanol–water partition coefficient (Wildman–Crippen LogP) is 3.42. The van der Waals surface area contributed by atoms with Crippen molar-refractivity contribution in [2.75, 3.05) is 24.5 Å². The van der Waals surface area contributed by atoms with Crippen molar-refractivity contribution in [2.45, 2.75) is 52.7 Å². The molecule has 130 valence electrons. The molecule has 0 atom stereocenters. The number of alkyl carbamates (subject to hydrolysis) is 2. The molecule has 0 saturated carbocycles. The van der Waals surface area contributed by atoms with Crippen LogP contribution in [0.25, 0.3) is 0 Å². The fourth-order valence-corrected chi connectivity index (χ4v) is 2.05. The van der Waals surface area contributed by atoms with Gasteiger partial charge in [0.25, 0.3) is 0 Å². The van der Waals surface area contributed by atoms with Crippen LogP contribution in [0.3, 0.4) is 0 Å². The van der Waals surface area contributed by atoms with E-state index < -0.39 is 34.8 Å². The fraction of sp³-hybridized carbons (Fsp3) is 0.857. The van der Waals surface area contributed by atoms with Gasteiger partial charge < -0.3 is 20.1 Å². The number of ether oxygens (including phenoxy) is 2. The summed E-state index contributed by atoms with van der Waals surface area (Å²) < 4.78 is 41.3. The summed E-state index contributed by atoms with van der Waals surface area (Å²) in [6.07, 6.45) is -1.50. The van der Waals surface area contributed by atoms with E-state index in [0.717, 1.165) is 0 Å². The molecular formula is C14H28N2O4S2. The first-order valence-electron chi connectivity index (χ1n) is 8.71. The maximum Gasteiger partial charge on any atom is 0.407 e. The van der Waals surface area contributed by atoms with Gasteiger partial charge in [0.15, 0.2) is 0 Å². The number of nitrogens with one attached hydrogen (secondary N) is 2. The zero-order valence-electron chi connectivity index (χ0n) is 17.9. The van der Waals surface area contributed by atoms with Crippen molar-refractivity contribution in [1.29, 1.82) is 0 Å². The molecule has 0 bridgehead atoms. The van der Waals surface area contributed by atoms with Crippen LogP contribution in [0.1, 0.15) is 47.0 Å². The summed E-state index contributed by atoms with van der Waals surface area (Å²) in [5.41, 5.74) is -5.24. The van der Waals surface area contributed by atoms with Gasteiger partial charge in [-0.05, 0) is 41.5 Å². The van der Waals surface area contributed by atoms with Crippen LogP contribution in [0.4, 0.5) is 9.59 Å². The second-order valence-corrected chi connectivity index (χ2v) is 8.08. The minimum atomic E-state index is -1.93. The lowest BCUT2D eigenvalue weighted by Crippen LogP contribution is -2.33. The Labute approximate surface area is 146 Å². The van der Waals surface area contributed by atoms with Gasteiger partial charge in [0.1, 0.15) is 11.2 Å². The lowest BCUT2D eigenvalue weighted by atomic mass is 10.2. The third-order valence-corrected chi connectivity index (χ3v) is 3.13. The van der Waals surface area contributed by atoms with Gasteiger partial charge in [-0.15, -0.1) is 0 Å². The minimum Gasteiger partial charge on any atom is -0.444 e. The molecule has 0 aromatic carbocycles. The van der Waals surface area contributed by atoms with Crippen molar-refractivity contribution in [3.8, 4) is 0 Å². The quantitative estimate of drug-likeness (QED) is 0.681. The van der Waals surface area contributed by atoms with Gasteiger partial charge in [-0.25, -0.2) is 9.59 Å². The van der Waals surface area contributed by atoms with Gasteiger partial charge in [-0.3, -0.25) is 0 Å². The summed E-state index contributed by atoms with van der Waals surface area (Å²) >= 11 is 0. The highest BCUT2D eigenvalue weighted by molar-refractivity contribution is 8.76. The van der Waals surface area contributed by atoms with Crippen molar-refractivity contribution in [3.63, 3.8) is 0 Å². The molecule has 0 unspecified atom stereocenters. The minimum absolute atomic E-state index is 0.352. The number of carbonyl (C=O) groups excluding carboxylic acids is 2. The SMILES string of the molecule is [2H]C([2H])(CNC(=O)OC(C)(C)C)SSC([2H])([2H])CNC(=O)OC(C)(C)C. The van der Waals surface area contributed by atoms with Crippen LogP contribution in [0.2, 0.25) is 0 Å². The third-order valence-electron chi connectivity index (χ3n) is 1.57. The van der Waals surface area contributed by atoms with Crippen molar-refractivity contribution in [1.82, 2.24) is 10.6 Å². The van der Waals surface area contributed by atoms with Gasteiger partial charge in [-0.2, -0.15) is 0 Å². The lowest BCUT2D eigenvalue weighted by molar-refractivity contribution is 0.0519. The highest BCUT2D eigenvalue weighted by Gasteiger charge is 2.16. The molecule has 0 saturated heterocycles. The Morgan fingerprint density at radius 3 is 1.45 bits per heavy atom. The second-order valence-electron chi connectivity index (χ2n) is 6.17. The second kappa shape index (κ2) is 10.1. The fourth-order valence-electron chi connectivity index (χ4n) is 0.963. The van der Waals surface area contributed by atoms with Gasteiger partial charge in [0.05, 0.1) is 0 Å². The maximum absolute atomic E-state index is 11.5. The van der Waals surface area contributed by atoms with Crippen molar-refractivity contribution in [3.05, 3.63) is 0 Å². The lowest BCUT2D eigenvalue weighted by Gasteiger charge is -2.19. The molecule has 0 rings (SSSR count). The van der Waals surface area contributed by atoms with Gasteiger partial charge in [-0.1, -0.05) is 21.6 Å². The van der Waals surface area contributed by atoms with Crippen LogP contribution < -0.4 is 10.6 Å². The summed E-state index contributed by atoms with van der Waals surface area (Å²) in [6.45, 7) is 9.45. The van der Waals surface area contributed by atoms with Gasteiger partial charge in [0.2, 0.25) is 0 Å². The topological polar surface area (TPSA) is 76.7 Å². The van der Waals surface area contributed by atoms with Crippen LogP contribution in [-0.2, 0) is 9.47 Å². The normalized spacial score (nSPS) is 15.7. The van der Waals surface area contributed by atoms with E-state index in [1.807, 2.05) is 0 Å². The molecule has 22 heavy (non-hydrogen) atoms. The standard InChI is InChI=1S/C14H28N2O4S2/c1-13(2,3)19-11(17)15-7-9-21-22-10-8-16-12(18)20-14(4,5)6/h7-10H2,1-6H3,(H,15,17)(H,16,18)/i9D2,10D2. The Morgan fingerprint density at radius 1 is 0.864 bits per heavy atom. The average Bonchev–Trinajstić information content (AvgIpc) is 2.38. The molecule has 2 amide bonds. The first kappa shape index (κ1) is 14.8. The van der Waals surface area contributed by atoms with Crippen LogP contribution in [0.15, 0.2) is 0 Å². The maximum atomic E-state index is 11.5.